The second-order valence-electron chi connectivity index (χ2n) is 5.12. The van der Waals surface area contributed by atoms with Gasteiger partial charge in [0.25, 0.3) is 5.91 Å². The zero-order chi connectivity index (χ0) is 16.5. The van der Waals surface area contributed by atoms with Crippen molar-refractivity contribution in [3.8, 4) is 5.75 Å². The quantitative estimate of drug-likeness (QED) is 0.907. The molecule has 1 N–H and O–H groups in total. The highest BCUT2D eigenvalue weighted by molar-refractivity contribution is 6.35. The normalized spacial score (nSPS) is 22.5. The highest BCUT2D eigenvalue weighted by Crippen LogP contribution is 2.30. The zero-order valence-electron chi connectivity index (χ0n) is 11.7. The molecule has 1 heterocycles. The predicted molar refractivity (Wildman–Crippen MR) is 79.2 cm³/mol. The van der Waals surface area contributed by atoms with Crippen LogP contribution in [0.3, 0.4) is 0 Å². The number of carboxylic acid groups (broad SMARTS) is 1. The Morgan fingerprint density at radius 2 is 2.14 bits per heavy atom. The predicted octanol–water partition coefficient (Wildman–Crippen LogP) is 2.79. The number of carbonyl (C=O) groups excluding carboxylic acids is 1. The first kappa shape index (κ1) is 16.8. The molecule has 2 rings (SSSR count). The topological polar surface area (TPSA) is 66.8 Å². The van der Waals surface area contributed by atoms with Crippen molar-refractivity contribution in [1.82, 2.24) is 4.90 Å². The summed E-state index contributed by atoms with van der Waals surface area (Å²) in [6, 6.07) is 4.56. The number of amides is 1. The van der Waals surface area contributed by atoms with Gasteiger partial charge < -0.3 is 14.7 Å². The second kappa shape index (κ2) is 6.30. The third kappa shape index (κ3) is 3.44. The molecular formula is C14H14Cl2FNO4. The number of carbonyl (C=O) groups is 2. The van der Waals surface area contributed by atoms with Gasteiger partial charge in [-0.2, -0.15) is 0 Å². The Morgan fingerprint density at radius 3 is 2.68 bits per heavy atom. The summed E-state index contributed by atoms with van der Waals surface area (Å²) in [5, 5.41) is 9.51. The van der Waals surface area contributed by atoms with Gasteiger partial charge in [-0.3, -0.25) is 4.79 Å². The Hall–Kier alpha value is -1.53. The number of aliphatic carboxylic acids is 1. The maximum absolute atomic E-state index is 14.0. The SMILES string of the molecule is CC(Oc1ccc(Cl)cc1Cl)C(=O)N1CCC(F)(C(=O)O)C1. The minimum atomic E-state index is -2.40. The van der Waals surface area contributed by atoms with Crippen LogP contribution >= 0.6 is 23.2 Å². The van der Waals surface area contributed by atoms with Gasteiger partial charge in [0.05, 0.1) is 11.6 Å². The van der Waals surface area contributed by atoms with Crippen LogP contribution in [0, 0.1) is 0 Å². The van der Waals surface area contributed by atoms with Gasteiger partial charge in [-0.25, -0.2) is 9.18 Å². The lowest BCUT2D eigenvalue weighted by molar-refractivity contribution is -0.150. The fourth-order valence-corrected chi connectivity index (χ4v) is 2.66. The summed E-state index contributed by atoms with van der Waals surface area (Å²) in [5.41, 5.74) is -2.40. The van der Waals surface area contributed by atoms with E-state index in [2.05, 4.69) is 0 Å². The summed E-state index contributed by atoms with van der Waals surface area (Å²) in [7, 11) is 0. The number of hydrogen-bond acceptors (Lipinski definition) is 3. The molecule has 0 spiro atoms. The average Bonchev–Trinajstić information content (AvgIpc) is 2.85. The molecule has 1 aromatic rings. The van der Waals surface area contributed by atoms with E-state index >= 15 is 0 Å². The van der Waals surface area contributed by atoms with Crippen LogP contribution in [0.15, 0.2) is 18.2 Å². The third-order valence-corrected chi connectivity index (χ3v) is 3.99. The molecule has 8 heteroatoms. The van der Waals surface area contributed by atoms with Gasteiger partial charge in [0.1, 0.15) is 5.75 Å². The van der Waals surface area contributed by atoms with E-state index in [4.69, 9.17) is 33.0 Å². The number of ether oxygens (including phenoxy) is 1. The third-order valence-electron chi connectivity index (χ3n) is 3.46. The van der Waals surface area contributed by atoms with Crippen molar-refractivity contribution in [2.45, 2.75) is 25.1 Å². The fourth-order valence-electron chi connectivity index (χ4n) is 2.20. The minimum Gasteiger partial charge on any atom is -0.479 e. The summed E-state index contributed by atoms with van der Waals surface area (Å²) < 4.78 is 19.4. The van der Waals surface area contributed by atoms with Gasteiger partial charge in [0.15, 0.2) is 6.10 Å². The monoisotopic (exact) mass is 349 g/mol. The molecule has 1 aliphatic rings. The molecule has 2 unspecified atom stereocenters. The van der Waals surface area contributed by atoms with E-state index < -0.39 is 30.2 Å². The lowest BCUT2D eigenvalue weighted by Gasteiger charge is -2.22. The molecule has 1 fully saturated rings. The van der Waals surface area contributed by atoms with Crippen LogP contribution < -0.4 is 4.74 Å². The van der Waals surface area contributed by atoms with Crippen molar-refractivity contribution in [1.29, 1.82) is 0 Å². The molecule has 5 nitrogen and oxygen atoms in total. The highest BCUT2D eigenvalue weighted by atomic mass is 35.5. The number of likely N-dealkylation sites (tertiary alicyclic amines) is 1. The van der Waals surface area contributed by atoms with E-state index in [0.717, 1.165) is 4.90 Å². The molecule has 120 valence electrons. The van der Waals surface area contributed by atoms with E-state index in [1.807, 2.05) is 0 Å². The Balaban J connectivity index is 2.03. The molecule has 22 heavy (non-hydrogen) atoms. The maximum atomic E-state index is 14.0. The molecule has 1 aliphatic heterocycles. The molecule has 1 amide bonds. The van der Waals surface area contributed by atoms with Crippen LogP contribution in [0.4, 0.5) is 4.39 Å². The molecule has 0 bridgehead atoms. The lowest BCUT2D eigenvalue weighted by Crippen LogP contribution is -2.43. The summed E-state index contributed by atoms with van der Waals surface area (Å²) in [5.74, 6) is -1.78. The van der Waals surface area contributed by atoms with E-state index in [0.29, 0.717) is 5.02 Å². The molecule has 2 atom stereocenters. The smallest absolute Gasteiger partial charge is 0.343 e. The van der Waals surface area contributed by atoms with Crippen LogP contribution in [-0.4, -0.2) is 46.7 Å². The molecule has 0 saturated carbocycles. The largest absolute Gasteiger partial charge is 0.479 e. The average molecular weight is 350 g/mol. The van der Waals surface area contributed by atoms with E-state index in [1.54, 1.807) is 6.07 Å². The lowest BCUT2D eigenvalue weighted by atomic mass is 10.1. The van der Waals surface area contributed by atoms with Crippen molar-refractivity contribution < 1.29 is 23.8 Å². The Kier molecular flexibility index (Phi) is 4.82. The zero-order valence-corrected chi connectivity index (χ0v) is 13.2. The Morgan fingerprint density at radius 1 is 1.45 bits per heavy atom. The van der Waals surface area contributed by atoms with Gasteiger partial charge in [-0.05, 0) is 25.1 Å². The van der Waals surface area contributed by atoms with Gasteiger partial charge in [-0.1, -0.05) is 23.2 Å². The molecule has 0 aliphatic carbocycles. The number of hydrogen-bond donors (Lipinski definition) is 1. The van der Waals surface area contributed by atoms with Gasteiger partial charge in [-0.15, -0.1) is 0 Å². The van der Waals surface area contributed by atoms with Crippen molar-refractivity contribution in [3.05, 3.63) is 28.2 Å². The van der Waals surface area contributed by atoms with Crippen LogP contribution in [0.5, 0.6) is 5.75 Å². The molecular weight excluding hydrogens is 336 g/mol. The van der Waals surface area contributed by atoms with Crippen LogP contribution in [-0.2, 0) is 9.59 Å². The van der Waals surface area contributed by atoms with E-state index in [-0.39, 0.29) is 23.7 Å². The maximum Gasteiger partial charge on any atom is 0.343 e. The Labute approximate surface area is 136 Å². The fraction of sp³-hybridized carbons (Fsp3) is 0.429. The molecule has 0 radical (unpaired) electrons. The molecule has 0 aromatic heterocycles. The Bertz CT molecular complexity index is 613. The number of benzene rings is 1. The molecule has 1 aromatic carbocycles. The summed E-state index contributed by atoms with van der Waals surface area (Å²) in [6.45, 7) is 1.04. The van der Waals surface area contributed by atoms with E-state index in [9.17, 15) is 14.0 Å². The van der Waals surface area contributed by atoms with Crippen molar-refractivity contribution in [3.63, 3.8) is 0 Å². The number of rotatable bonds is 4. The van der Waals surface area contributed by atoms with Crippen molar-refractivity contribution >= 4 is 35.1 Å². The van der Waals surface area contributed by atoms with E-state index in [1.165, 1.54) is 19.1 Å². The number of halogens is 3. The van der Waals surface area contributed by atoms with Gasteiger partial charge in [0, 0.05) is 18.0 Å². The van der Waals surface area contributed by atoms with Gasteiger partial charge >= 0.3 is 5.97 Å². The first-order chi connectivity index (χ1) is 10.2. The van der Waals surface area contributed by atoms with Gasteiger partial charge in [0.2, 0.25) is 5.67 Å². The van der Waals surface area contributed by atoms with Crippen LogP contribution in [0.25, 0.3) is 0 Å². The number of alkyl halides is 1. The number of carboxylic acids is 1. The highest BCUT2D eigenvalue weighted by Gasteiger charge is 2.47. The van der Waals surface area contributed by atoms with Crippen LogP contribution in [0.1, 0.15) is 13.3 Å². The summed E-state index contributed by atoms with van der Waals surface area (Å²) in [6.07, 6.45) is -1.16. The first-order valence-electron chi connectivity index (χ1n) is 6.56. The van der Waals surface area contributed by atoms with Crippen LogP contribution in [0.2, 0.25) is 10.0 Å². The molecule has 1 saturated heterocycles. The summed E-state index contributed by atoms with van der Waals surface area (Å²) in [4.78, 5) is 24.2. The second-order valence-corrected chi connectivity index (χ2v) is 5.96. The number of nitrogens with zero attached hydrogens (tertiary/aromatic N) is 1. The minimum absolute atomic E-state index is 0.0314. The summed E-state index contributed by atoms with van der Waals surface area (Å²) >= 11 is 11.7. The van der Waals surface area contributed by atoms with Crippen molar-refractivity contribution in [2.75, 3.05) is 13.1 Å². The van der Waals surface area contributed by atoms with Crippen molar-refractivity contribution in [2.24, 2.45) is 0 Å². The first-order valence-corrected chi connectivity index (χ1v) is 7.31. The standard InChI is InChI=1S/C14H14Cl2FNO4/c1-8(22-11-3-2-9(15)6-10(11)16)12(19)18-5-4-14(17,7-18)13(20)21/h2-3,6,8H,4-5,7H2,1H3,(H,20,21).